The Bertz CT molecular complexity index is 739. The van der Waals surface area contributed by atoms with Crippen LogP contribution in [0.2, 0.25) is 0 Å². The average Bonchev–Trinajstić information content (AvgIpc) is 2.99. The van der Waals surface area contributed by atoms with Gasteiger partial charge in [0.05, 0.1) is 38.5 Å². The lowest BCUT2D eigenvalue weighted by molar-refractivity contribution is -0.132. The van der Waals surface area contributed by atoms with Crippen LogP contribution in [-0.4, -0.2) is 41.1 Å². The molecule has 3 rings (SSSR count). The van der Waals surface area contributed by atoms with Gasteiger partial charge in [-0.2, -0.15) is 0 Å². The molecule has 0 saturated heterocycles. The molecule has 0 fully saturated rings. The zero-order valence-corrected chi connectivity index (χ0v) is 14.4. The van der Waals surface area contributed by atoms with Crippen molar-refractivity contribution in [3.63, 3.8) is 0 Å². The molecular formula is C18H23N3O3. The highest BCUT2D eigenvalue weighted by Crippen LogP contribution is 2.28. The molecule has 1 aromatic carbocycles. The van der Waals surface area contributed by atoms with E-state index in [9.17, 15) is 4.79 Å². The van der Waals surface area contributed by atoms with Crippen molar-refractivity contribution in [3.8, 4) is 11.5 Å². The summed E-state index contributed by atoms with van der Waals surface area (Å²) in [5, 5.41) is 0. The molecule has 6 heteroatoms. The second-order valence-electron chi connectivity index (χ2n) is 6.00. The van der Waals surface area contributed by atoms with Gasteiger partial charge in [0, 0.05) is 26.4 Å². The van der Waals surface area contributed by atoms with Gasteiger partial charge < -0.3 is 18.9 Å². The zero-order valence-electron chi connectivity index (χ0n) is 14.4. The van der Waals surface area contributed by atoms with E-state index in [2.05, 4.69) is 4.98 Å². The van der Waals surface area contributed by atoms with E-state index < -0.39 is 0 Å². The van der Waals surface area contributed by atoms with Crippen molar-refractivity contribution in [2.75, 3.05) is 20.8 Å². The summed E-state index contributed by atoms with van der Waals surface area (Å²) < 4.78 is 12.6. The number of ether oxygens (including phenoxy) is 2. The number of fused-ring (bicyclic) bond motifs is 1. The highest BCUT2D eigenvalue weighted by Gasteiger charge is 2.23. The Morgan fingerprint density at radius 1 is 1.25 bits per heavy atom. The second-order valence-corrected chi connectivity index (χ2v) is 6.00. The summed E-state index contributed by atoms with van der Waals surface area (Å²) in [5.74, 6) is 1.57. The van der Waals surface area contributed by atoms with Crippen molar-refractivity contribution in [1.29, 1.82) is 0 Å². The number of carbonyl (C=O) groups excluding carboxylic acids is 1. The van der Waals surface area contributed by atoms with Crippen LogP contribution in [0.25, 0.3) is 0 Å². The molecule has 0 bridgehead atoms. The van der Waals surface area contributed by atoms with Gasteiger partial charge in [-0.1, -0.05) is 6.07 Å². The van der Waals surface area contributed by atoms with Gasteiger partial charge in [0.15, 0.2) is 11.5 Å². The van der Waals surface area contributed by atoms with Gasteiger partial charge in [0.1, 0.15) is 0 Å². The Hall–Kier alpha value is -2.50. The second kappa shape index (κ2) is 6.95. The normalized spacial score (nSPS) is 13.5. The molecule has 0 spiro atoms. The maximum absolute atomic E-state index is 12.5. The monoisotopic (exact) mass is 329 g/mol. The molecule has 0 saturated carbocycles. The van der Waals surface area contributed by atoms with E-state index >= 15 is 0 Å². The predicted molar refractivity (Wildman–Crippen MR) is 90.2 cm³/mol. The van der Waals surface area contributed by atoms with E-state index in [1.54, 1.807) is 14.2 Å². The molecule has 2 aromatic rings. The number of amides is 1. The van der Waals surface area contributed by atoms with Crippen molar-refractivity contribution in [1.82, 2.24) is 14.5 Å². The number of benzene rings is 1. The third-order valence-corrected chi connectivity index (χ3v) is 4.53. The highest BCUT2D eigenvalue weighted by atomic mass is 16.5. The van der Waals surface area contributed by atoms with Crippen molar-refractivity contribution in [3.05, 3.63) is 41.5 Å². The van der Waals surface area contributed by atoms with Gasteiger partial charge in [-0.3, -0.25) is 4.79 Å². The van der Waals surface area contributed by atoms with Gasteiger partial charge in [0.25, 0.3) is 0 Å². The first-order valence-electron chi connectivity index (χ1n) is 8.10. The van der Waals surface area contributed by atoms with E-state index in [4.69, 9.17) is 9.47 Å². The Morgan fingerprint density at radius 2 is 2.04 bits per heavy atom. The molecule has 0 N–H and O–H groups in total. The molecule has 1 amide bonds. The summed E-state index contributed by atoms with van der Waals surface area (Å²) >= 11 is 0. The maximum Gasteiger partial charge on any atom is 0.223 e. The molecule has 1 aliphatic heterocycles. The third kappa shape index (κ3) is 3.22. The minimum absolute atomic E-state index is 0.177. The van der Waals surface area contributed by atoms with Crippen molar-refractivity contribution < 1.29 is 14.3 Å². The topological polar surface area (TPSA) is 56.6 Å². The standard InChI is InChI=1S/C18H23N3O3/c1-20-12-19-14-8-9-21(11-15(14)20)18(22)7-5-13-4-6-16(23-2)17(10-13)24-3/h4,6,10,12H,5,7-9,11H2,1-3H3. The molecule has 1 aromatic heterocycles. The molecule has 1 aliphatic rings. The Morgan fingerprint density at radius 3 is 2.79 bits per heavy atom. The summed E-state index contributed by atoms with van der Waals surface area (Å²) in [4.78, 5) is 18.8. The van der Waals surface area contributed by atoms with Crippen molar-refractivity contribution in [2.45, 2.75) is 25.8 Å². The Balaban J connectivity index is 1.61. The van der Waals surface area contributed by atoms with Crippen LogP contribution in [-0.2, 0) is 31.2 Å². The molecule has 24 heavy (non-hydrogen) atoms. The van der Waals surface area contributed by atoms with Crippen LogP contribution in [0.15, 0.2) is 24.5 Å². The lowest BCUT2D eigenvalue weighted by Crippen LogP contribution is -2.36. The van der Waals surface area contributed by atoms with E-state index in [1.165, 1.54) is 0 Å². The highest BCUT2D eigenvalue weighted by molar-refractivity contribution is 5.76. The van der Waals surface area contributed by atoms with Crippen molar-refractivity contribution >= 4 is 5.91 Å². The van der Waals surface area contributed by atoms with E-state index in [0.717, 1.165) is 29.9 Å². The smallest absolute Gasteiger partial charge is 0.223 e. The fourth-order valence-corrected chi connectivity index (χ4v) is 3.07. The first kappa shape index (κ1) is 16.4. The van der Waals surface area contributed by atoms with Crippen molar-refractivity contribution in [2.24, 2.45) is 7.05 Å². The minimum Gasteiger partial charge on any atom is -0.493 e. The van der Waals surface area contributed by atoms with E-state index in [-0.39, 0.29) is 5.91 Å². The number of rotatable bonds is 5. The molecule has 0 radical (unpaired) electrons. The number of carbonyl (C=O) groups is 1. The predicted octanol–water partition coefficient (Wildman–Crippen LogP) is 1.95. The zero-order chi connectivity index (χ0) is 17.1. The minimum atomic E-state index is 0.177. The molecule has 2 heterocycles. The van der Waals surface area contributed by atoms with E-state index in [1.807, 2.05) is 41.0 Å². The number of nitrogens with zero attached hydrogens (tertiary/aromatic N) is 3. The van der Waals surface area contributed by atoms with Gasteiger partial charge in [0.2, 0.25) is 5.91 Å². The maximum atomic E-state index is 12.5. The SMILES string of the molecule is COc1ccc(CCC(=O)N2CCc3ncn(C)c3C2)cc1OC. The number of aromatic nitrogens is 2. The summed E-state index contributed by atoms with van der Waals surface area (Å²) in [5.41, 5.74) is 3.32. The molecule has 0 unspecified atom stereocenters. The average molecular weight is 329 g/mol. The molecular weight excluding hydrogens is 306 g/mol. The fourth-order valence-electron chi connectivity index (χ4n) is 3.07. The molecule has 6 nitrogen and oxygen atoms in total. The molecule has 0 aliphatic carbocycles. The first-order valence-corrected chi connectivity index (χ1v) is 8.10. The number of hydrogen-bond donors (Lipinski definition) is 0. The van der Waals surface area contributed by atoms with Gasteiger partial charge in [-0.25, -0.2) is 4.98 Å². The summed E-state index contributed by atoms with van der Waals surface area (Å²) in [7, 11) is 5.21. The van der Waals surface area contributed by atoms with Gasteiger partial charge >= 0.3 is 0 Å². The van der Waals surface area contributed by atoms with Gasteiger partial charge in [-0.15, -0.1) is 0 Å². The van der Waals surface area contributed by atoms with Crippen LogP contribution in [0.5, 0.6) is 11.5 Å². The lowest BCUT2D eigenvalue weighted by atomic mass is 10.1. The number of aryl methyl sites for hydroxylation is 2. The molecule has 0 atom stereocenters. The first-order chi connectivity index (χ1) is 11.6. The van der Waals surface area contributed by atoms with Crippen LogP contribution >= 0.6 is 0 Å². The van der Waals surface area contributed by atoms with Crippen LogP contribution < -0.4 is 9.47 Å². The van der Waals surface area contributed by atoms with Crippen LogP contribution in [0.4, 0.5) is 0 Å². The summed E-state index contributed by atoms with van der Waals surface area (Å²) in [6, 6.07) is 5.78. The summed E-state index contributed by atoms with van der Waals surface area (Å²) in [6.07, 6.45) is 3.83. The van der Waals surface area contributed by atoms with Gasteiger partial charge in [-0.05, 0) is 24.1 Å². The van der Waals surface area contributed by atoms with Crippen LogP contribution in [0.3, 0.4) is 0 Å². The Kier molecular flexibility index (Phi) is 4.74. The number of imidazole rings is 1. The quantitative estimate of drug-likeness (QED) is 0.841. The number of hydrogen-bond acceptors (Lipinski definition) is 4. The van der Waals surface area contributed by atoms with E-state index in [0.29, 0.717) is 30.9 Å². The summed E-state index contributed by atoms with van der Waals surface area (Å²) in [6.45, 7) is 1.39. The fraction of sp³-hybridized carbons (Fsp3) is 0.444. The number of methoxy groups -OCH3 is 2. The lowest BCUT2D eigenvalue weighted by Gasteiger charge is -2.27. The van der Waals surface area contributed by atoms with Crippen LogP contribution in [0, 0.1) is 0 Å². The molecule has 128 valence electrons. The van der Waals surface area contributed by atoms with Crippen LogP contribution in [0.1, 0.15) is 23.4 Å². The third-order valence-electron chi connectivity index (χ3n) is 4.53. The largest absolute Gasteiger partial charge is 0.493 e. The Labute approximate surface area is 142 Å².